The van der Waals surface area contributed by atoms with E-state index in [4.69, 9.17) is 45.2 Å². The Balaban J connectivity index is 0.000000813. The maximum atomic E-state index is 11.9. The van der Waals surface area contributed by atoms with Crippen molar-refractivity contribution >= 4 is 65.8 Å². The van der Waals surface area contributed by atoms with Crippen LogP contribution in [0, 0.1) is 30.6 Å². The molecule has 0 unspecified atom stereocenters. The Morgan fingerprint density at radius 3 is 1.28 bits per heavy atom. The quantitative estimate of drug-likeness (QED) is 0.0803. The summed E-state index contributed by atoms with van der Waals surface area (Å²) >= 11 is 3.01. The van der Waals surface area contributed by atoms with Crippen molar-refractivity contribution in [1.29, 1.82) is 0 Å². The molecule has 6 aromatic rings. The molecule has 2 aromatic heterocycles. The molecular weight excluding hydrogens is 852 g/mol. The number of rotatable bonds is 8. The number of aromatic nitrogens is 2. The SMILES string of the molecule is CO.COc1cccc(/C=N/Nc2nc3ccccc3s2)c1[O-].COc1cccc(/C=N/Nc2nc3ccccc3s2)c1[O-].O=[N+]([O-])[O-].O=[N+]([O-])[O-].[Cu+2].[Cu+2]. The average Bonchev–Trinajstić information content (AvgIpc) is 3.74. The third-order valence-corrected chi connectivity index (χ3v) is 7.66. The standard InChI is InChI=1S/2C15H13N3O2S.CH4O.2Cu.2NO3/c2*1-20-12-7-4-5-10(14(12)19)9-16-18-15-17-11-6-2-3-8-13(11)21-15;1-2;;;2*2-1(3)4/h2*2-9,19H,1H3,(H,17,18);2H,1H3;;;;/q;;;2*+2;2*-1/p-2/b2*16-9+;;;;;. The van der Waals surface area contributed by atoms with E-state index in [1.165, 1.54) is 49.3 Å². The molecular formula is C31H28Cu2N8O11S2. The first-order valence-electron chi connectivity index (χ1n) is 14.1. The molecule has 2 radical (unpaired) electrons. The van der Waals surface area contributed by atoms with Gasteiger partial charge in [0.25, 0.3) is 0 Å². The van der Waals surface area contributed by atoms with Gasteiger partial charge >= 0.3 is 34.1 Å². The number of anilines is 2. The Kier molecular flexibility index (Phi) is 23.2. The van der Waals surface area contributed by atoms with Crippen LogP contribution in [0.25, 0.3) is 20.4 Å². The van der Waals surface area contributed by atoms with Crippen LogP contribution in [-0.4, -0.2) is 59.0 Å². The molecule has 6 rings (SSSR count). The summed E-state index contributed by atoms with van der Waals surface area (Å²) in [5.41, 5.74) is 8.46. The van der Waals surface area contributed by atoms with Gasteiger partial charge in [-0.05, 0) is 47.5 Å². The molecule has 2 heterocycles. The number of nitrogens with one attached hydrogen (secondary N) is 2. The van der Waals surface area contributed by atoms with E-state index in [9.17, 15) is 10.2 Å². The molecule has 0 aliphatic heterocycles. The Labute approximate surface area is 335 Å². The first-order chi connectivity index (χ1) is 25.0. The van der Waals surface area contributed by atoms with Gasteiger partial charge in [-0.25, -0.2) is 9.97 Å². The molecule has 0 saturated heterocycles. The van der Waals surface area contributed by atoms with Crippen LogP contribution >= 0.6 is 22.7 Å². The van der Waals surface area contributed by atoms with Crippen molar-refractivity contribution in [2.24, 2.45) is 10.2 Å². The Hall–Kier alpha value is -5.80. The molecule has 0 atom stereocenters. The smallest absolute Gasteiger partial charge is 0.870 e. The molecule has 0 bridgehead atoms. The van der Waals surface area contributed by atoms with E-state index in [2.05, 4.69) is 31.0 Å². The molecule has 0 spiro atoms. The molecule has 292 valence electrons. The van der Waals surface area contributed by atoms with E-state index >= 15 is 0 Å². The minimum Gasteiger partial charge on any atom is -0.870 e. The van der Waals surface area contributed by atoms with Crippen molar-refractivity contribution in [3.05, 3.63) is 127 Å². The molecule has 0 aliphatic rings. The molecule has 0 fully saturated rings. The van der Waals surface area contributed by atoms with E-state index in [-0.39, 0.29) is 45.6 Å². The first-order valence-corrected chi connectivity index (χ1v) is 15.7. The number of ether oxygens (including phenoxy) is 2. The fourth-order valence-electron chi connectivity index (χ4n) is 3.74. The van der Waals surface area contributed by atoms with Gasteiger partial charge < -0.3 is 55.4 Å². The largest absolute Gasteiger partial charge is 2.00 e. The van der Waals surface area contributed by atoms with Gasteiger partial charge in [-0.15, -0.1) is 0 Å². The number of aliphatic hydroxyl groups is 1. The van der Waals surface area contributed by atoms with Gasteiger partial charge in [-0.1, -0.05) is 82.7 Å². The monoisotopic (exact) mass is 878 g/mol. The van der Waals surface area contributed by atoms with E-state index in [1.807, 2.05) is 48.5 Å². The maximum Gasteiger partial charge on any atom is 2.00 e. The Morgan fingerprint density at radius 2 is 0.963 bits per heavy atom. The Morgan fingerprint density at radius 1 is 0.630 bits per heavy atom. The molecule has 0 aliphatic carbocycles. The zero-order valence-electron chi connectivity index (χ0n) is 27.9. The van der Waals surface area contributed by atoms with Crippen LogP contribution in [-0.2, 0) is 34.1 Å². The molecule has 54 heavy (non-hydrogen) atoms. The van der Waals surface area contributed by atoms with Crippen LogP contribution in [0.3, 0.4) is 0 Å². The predicted molar refractivity (Wildman–Crippen MR) is 195 cm³/mol. The third kappa shape index (κ3) is 16.3. The average molecular weight is 880 g/mol. The zero-order chi connectivity index (χ0) is 38.5. The minimum absolute atomic E-state index is 0. The number of hydrogen-bond acceptors (Lipinski definition) is 19. The summed E-state index contributed by atoms with van der Waals surface area (Å²) in [6.45, 7) is 0. The number of fused-ring (bicyclic) bond motifs is 2. The van der Waals surface area contributed by atoms with E-state index < -0.39 is 10.2 Å². The summed E-state index contributed by atoms with van der Waals surface area (Å²) < 4.78 is 12.1. The summed E-state index contributed by atoms with van der Waals surface area (Å²) in [5.74, 6) is 0.238. The van der Waals surface area contributed by atoms with Crippen LogP contribution in [0.5, 0.6) is 23.0 Å². The topological polar surface area (TPSA) is 292 Å². The van der Waals surface area contributed by atoms with Crippen LogP contribution in [0.1, 0.15) is 11.1 Å². The van der Waals surface area contributed by atoms with Gasteiger partial charge in [-0.2, -0.15) is 10.2 Å². The molecule has 0 amide bonds. The van der Waals surface area contributed by atoms with Crippen LogP contribution < -0.4 is 30.5 Å². The van der Waals surface area contributed by atoms with E-state index in [0.717, 1.165) is 27.5 Å². The van der Waals surface area contributed by atoms with Crippen LogP contribution in [0.15, 0.2) is 95.1 Å². The first kappa shape index (κ1) is 48.2. The number of hydrogen-bond donors (Lipinski definition) is 3. The Bertz CT molecular complexity index is 1880. The molecule has 19 nitrogen and oxygen atoms in total. The number of para-hydroxylation sites is 4. The van der Waals surface area contributed by atoms with Gasteiger partial charge in [0.05, 0.1) is 57.3 Å². The summed E-state index contributed by atoms with van der Waals surface area (Å²) in [5, 5.41) is 69.8. The van der Waals surface area contributed by atoms with Crippen molar-refractivity contribution in [3.8, 4) is 23.0 Å². The number of hydrazone groups is 2. The van der Waals surface area contributed by atoms with Crippen molar-refractivity contribution in [2.45, 2.75) is 0 Å². The second-order valence-corrected chi connectivity index (χ2v) is 11.0. The van der Waals surface area contributed by atoms with Gasteiger partial charge in [0, 0.05) is 7.11 Å². The number of thiazole rings is 2. The van der Waals surface area contributed by atoms with Crippen LogP contribution in [0.2, 0.25) is 0 Å². The molecule has 4 aromatic carbocycles. The minimum atomic E-state index is -1.75. The summed E-state index contributed by atoms with van der Waals surface area (Å²) in [4.78, 5) is 25.3. The van der Waals surface area contributed by atoms with Gasteiger partial charge in [0.1, 0.15) is 11.5 Å². The predicted octanol–water partition coefficient (Wildman–Crippen LogP) is 4.77. The molecule has 3 N–H and O–H groups in total. The number of nitrogens with zero attached hydrogens (tertiary/aromatic N) is 6. The van der Waals surface area contributed by atoms with Crippen molar-refractivity contribution in [1.82, 2.24) is 9.97 Å². The summed E-state index contributed by atoms with van der Waals surface area (Å²) in [6.07, 6.45) is 2.94. The third-order valence-electron chi connectivity index (χ3n) is 5.77. The zero-order valence-corrected chi connectivity index (χ0v) is 31.4. The second-order valence-electron chi connectivity index (χ2n) is 8.92. The van der Waals surface area contributed by atoms with Gasteiger partial charge in [0.15, 0.2) is 0 Å². The fourth-order valence-corrected chi connectivity index (χ4v) is 5.38. The number of aliphatic hydroxyl groups excluding tert-OH is 1. The van der Waals surface area contributed by atoms with Crippen molar-refractivity contribution < 1.29 is 69.1 Å². The molecule has 0 saturated carbocycles. The van der Waals surface area contributed by atoms with Crippen LogP contribution in [0.4, 0.5) is 10.3 Å². The fraction of sp³-hybridized carbons (Fsp3) is 0.0968. The maximum absolute atomic E-state index is 11.9. The summed E-state index contributed by atoms with van der Waals surface area (Å²) in [7, 11) is 3.94. The summed E-state index contributed by atoms with van der Waals surface area (Å²) in [6, 6.07) is 25.8. The van der Waals surface area contributed by atoms with E-state index in [0.29, 0.717) is 32.9 Å². The number of methoxy groups -OCH3 is 2. The normalized spacial score (nSPS) is 9.63. The van der Waals surface area contributed by atoms with Gasteiger partial charge in [0.2, 0.25) is 10.3 Å². The van der Waals surface area contributed by atoms with Gasteiger partial charge in [-0.3, -0.25) is 10.9 Å². The van der Waals surface area contributed by atoms with Crippen molar-refractivity contribution in [3.63, 3.8) is 0 Å². The molecule has 23 heteroatoms. The van der Waals surface area contributed by atoms with E-state index in [1.54, 1.807) is 36.4 Å². The van der Waals surface area contributed by atoms with Crippen molar-refractivity contribution in [2.75, 3.05) is 32.2 Å². The second kappa shape index (κ2) is 26.0. The number of benzene rings is 4.